The maximum absolute atomic E-state index is 14.8. The Morgan fingerprint density at radius 3 is 2.76 bits per heavy atom. The van der Waals surface area contributed by atoms with Crippen molar-refractivity contribution in [2.45, 2.75) is 19.9 Å². The molecule has 1 aliphatic rings. The Hall–Kier alpha value is -3.92. The minimum absolute atomic E-state index is 0.0799. The number of non-ortho nitro benzene ring substituents is 1. The van der Waals surface area contributed by atoms with Crippen LogP contribution < -0.4 is 14.9 Å². The average Bonchev–Trinajstić information content (AvgIpc) is 3.08. The van der Waals surface area contributed by atoms with Gasteiger partial charge in [-0.25, -0.2) is 14.2 Å². The summed E-state index contributed by atoms with van der Waals surface area (Å²) in [5.41, 5.74) is 0.395. The van der Waals surface area contributed by atoms with Crippen LogP contribution in [0.5, 0.6) is 0 Å². The van der Waals surface area contributed by atoms with Gasteiger partial charge in [-0.05, 0) is 31.6 Å². The van der Waals surface area contributed by atoms with E-state index in [0.29, 0.717) is 11.3 Å². The van der Waals surface area contributed by atoms with Crippen molar-refractivity contribution < 1.29 is 18.8 Å². The van der Waals surface area contributed by atoms with E-state index in [1.165, 1.54) is 47.0 Å². The smallest absolute Gasteiger partial charge is 0.338 e. The molecule has 1 atom stereocenters. The number of nitrogens with zero attached hydrogens (tertiary/aromatic N) is 3. The van der Waals surface area contributed by atoms with Gasteiger partial charge in [0.2, 0.25) is 0 Å². The highest BCUT2D eigenvalue weighted by molar-refractivity contribution is 7.07. The Kier molecular flexibility index (Phi) is 6.01. The van der Waals surface area contributed by atoms with E-state index in [1.54, 1.807) is 26.0 Å². The molecule has 0 radical (unpaired) electrons. The number of esters is 1. The van der Waals surface area contributed by atoms with Crippen molar-refractivity contribution in [1.82, 2.24) is 4.57 Å². The van der Waals surface area contributed by atoms with Gasteiger partial charge >= 0.3 is 5.97 Å². The molecule has 0 saturated carbocycles. The van der Waals surface area contributed by atoms with Crippen molar-refractivity contribution in [3.63, 3.8) is 0 Å². The van der Waals surface area contributed by atoms with Crippen LogP contribution in [-0.4, -0.2) is 22.1 Å². The molecule has 4 rings (SSSR count). The number of rotatable bonds is 5. The lowest BCUT2D eigenvalue weighted by molar-refractivity contribution is -0.384. The molecule has 168 valence electrons. The Morgan fingerprint density at radius 1 is 1.30 bits per heavy atom. The Balaban J connectivity index is 1.96. The molecule has 0 fully saturated rings. The lowest BCUT2D eigenvalue weighted by Crippen LogP contribution is -2.40. The van der Waals surface area contributed by atoms with Gasteiger partial charge in [-0.2, -0.15) is 0 Å². The molecule has 0 spiro atoms. The standard InChI is InChI=1S/C23H18FN3O5S/c1-3-32-22(29)19-13(2)25-23-26(20(19)16-9-4-5-10-17(16)24)21(28)18(33-23)12-14-7-6-8-15(11-14)27(30)31/h4-12,20H,3H2,1-2H3/b18-12-/t20-/m0/s1. The molecule has 0 aliphatic carbocycles. The first-order valence-corrected chi connectivity index (χ1v) is 10.8. The zero-order valence-corrected chi connectivity index (χ0v) is 18.5. The van der Waals surface area contributed by atoms with Gasteiger partial charge in [-0.15, -0.1) is 0 Å². The van der Waals surface area contributed by atoms with Crippen LogP contribution >= 0.6 is 11.3 Å². The largest absolute Gasteiger partial charge is 0.463 e. The summed E-state index contributed by atoms with van der Waals surface area (Å²) in [5, 5.41) is 11.1. The number of carbonyl (C=O) groups is 1. The number of nitro groups is 1. The summed E-state index contributed by atoms with van der Waals surface area (Å²) in [6, 6.07) is 10.7. The van der Waals surface area contributed by atoms with Crippen LogP contribution in [0.25, 0.3) is 6.08 Å². The van der Waals surface area contributed by atoms with Crippen LogP contribution in [0, 0.1) is 15.9 Å². The lowest BCUT2D eigenvalue weighted by Gasteiger charge is -2.24. The van der Waals surface area contributed by atoms with Crippen LogP contribution in [0.2, 0.25) is 0 Å². The number of halogens is 1. The topological polar surface area (TPSA) is 104 Å². The van der Waals surface area contributed by atoms with Crippen molar-refractivity contribution >= 4 is 29.1 Å². The number of ether oxygens (including phenoxy) is 1. The third kappa shape index (κ3) is 4.12. The van der Waals surface area contributed by atoms with E-state index < -0.39 is 28.3 Å². The fraction of sp³-hybridized carbons (Fsp3) is 0.174. The van der Waals surface area contributed by atoms with Crippen molar-refractivity contribution in [3.05, 3.63) is 107 Å². The molecule has 0 N–H and O–H groups in total. The molecule has 8 nitrogen and oxygen atoms in total. The minimum atomic E-state index is -1.06. The molecule has 0 amide bonds. The number of benzene rings is 2. The second-order valence-corrected chi connectivity index (χ2v) is 8.18. The molecule has 0 saturated heterocycles. The van der Waals surface area contributed by atoms with E-state index in [4.69, 9.17) is 4.74 Å². The first kappa shape index (κ1) is 22.3. The van der Waals surface area contributed by atoms with E-state index in [-0.39, 0.29) is 32.8 Å². The van der Waals surface area contributed by atoms with Gasteiger partial charge in [0.15, 0.2) is 4.80 Å². The van der Waals surface area contributed by atoms with E-state index in [2.05, 4.69) is 4.99 Å². The zero-order valence-electron chi connectivity index (χ0n) is 17.6. The van der Waals surface area contributed by atoms with Crippen molar-refractivity contribution in [3.8, 4) is 0 Å². The quantitative estimate of drug-likeness (QED) is 0.326. The maximum Gasteiger partial charge on any atom is 0.338 e. The summed E-state index contributed by atoms with van der Waals surface area (Å²) < 4.78 is 21.5. The summed E-state index contributed by atoms with van der Waals surface area (Å²) in [7, 11) is 0. The fourth-order valence-corrected chi connectivity index (χ4v) is 4.71. The maximum atomic E-state index is 14.8. The SMILES string of the molecule is CCOC(=O)C1=C(C)N=c2s/c(=C\c3cccc([N+](=O)[O-])c3)c(=O)n2[C@H]1c1ccccc1F. The molecule has 10 heteroatoms. The number of hydrogen-bond acceptors (Lipinski definition) is 7. The Morgan fingerprint density at radius 2 is 2.06 bits per heavy atom. The van der Waals surface area contributed by atoms with Crippen molar-refractivity contribution in [2.75, 3.05) is 6.61 Å². The molecule has 1 aliphatic heterocycles. The summed E-state index contributed by atoms with van der Waals surface area (Å²) in [6.07, 6.45) is 1.51. The van der Waals surface area contributed by atoms with Crippen LogP contribution in [-0.2, 0) is 9.53 Å². The predicted octanol–water partition coefficient (Wildman–Crippen LogP) is 2.85. The summed E-state index contributed by atoms with van der Waals surface area (Å²) in [5.74, 6) is -1.26. The number of nitro benzene ring substituents is 1. The Labute approximate surface area is 190 Å². The normalized spacial score (nSPS) is 15.7. The van der Waals surface area contributed by atoms with Gasteiger partial charge in [0.1, 0.15) is 11.9 Å². The summed E-state index contributed by atoms with van der Waals surface area (Å²) >= 11 is 1.06. The number of allylic oxidation sites excluding steroid dienone is 1. The highest BCUT2D eigenvalue weighted by atomic mass is 32.1. The van der Waals surface area contributed by atoms with Gasteiger partial charge < -0.3 is 4.74 Å². The molecule has 1 aromatic heterocycles. The van der Waals surface area contributed by atoms with Gasteiger partial charge in [-0.1, -0.05) is 41.7 Å². The van der Waals surface area contributed by atoms with E-state index >= 15 is 0 Å². The van der Waals surface area contributed by atoms with Gasteiger partial charge in [0, 0.05) is 17.7 Å². The van der Waals surface area contributed by atoms with Crippen LogP contribution in [0.4, 0.5) is 10.1 Å². The number of aromatic nitrogens is 1. The van der Waals surface area contributed by atoms with Gasteiger partial charge in [-0.3, -0.25) is 19.5 Å². The highest BCUT2D eigenvalue weighted by Gasteiger charge is 2.34. The number of hydrogen-bond donors (Lipinski definition) is 0. The third-order valence-electron chi connectivity index (χ3n) is 5.10. The molecular weight excluding hydrogens is 449 g/mol. The second-order valence-electron chi connectivity index (χ2n) is 7.18. The van der Waals surface area contributed by atoms with E-state index in [1.807, 2.05) is 0 Å². The molecule has 3 aromatic rings. The summed E-state index contributed by atoms with van der Waals surface area (Å²) in [6.45, 7) is 3.37. The molecule has 0 bridgehead atoms. The van der Waals surface area contributed by atoms with Crippen LogP contribution in [0.15, 0.2) is 69.6 Å². The van der Waals surface area contributed by atoms with Crippen LogP contribution in [0.3, 0.4) is 0 Å². The number of thiazole rings is 1. The number of carbonyl (C=O) groups excluding carboxylic acids is 1. The van der Waals surface area contributed by atoms with E-state index in [0.717, 1.165) is 11.3 Å². The van der Waals surface area contributed by atoms with Gasteiger partial charge in [0.25, 0.3) is 11.2 Å². The van der Waals surface area contributed by atoms with Crippen LogP contribution in [0.1, 0.15) is 31.0 Å². The highest BCUT2D eigenvalue weighted by Crippen LogP contribution is 2.32. The average molecular weight is 467 g/mol. The fourth-order valence-electron chi connectivity index (χ4n) is 3.66. The molecule has 2 aromatic carbocycles. The Bertz CT molecular complexity index is 1490. The molecular formula is C23H18FN3O5S. The van der Waals surface area contributed by atoms with Crippen molar-refractivity contribution in [2.24, 2.45) is 4.99 Å². The lowest BCUT2D eigenvalue weighted by atomic mass is 9.95. The molecule has 33 heavy (non-hydrogen) atoms. The number of fused-ring (bicyclic) bond motifs is 1. The third-order valence-corrected chi connectivity index (χ3v) is 6.08. The van der Waals surface area contributed by atoms with E-state index in [9.17, 15) is 24.1 Å². The predicted molar refractivity (Wildman–Crippen MR) is 120 cm³/mol. The zero-order chi connectivity index (χ0) is 23.7. The molecule has 0 unspecified atom stereocenters. The molecule has 2 heterocycles. The van der Waals surface area contributed by atoms with Crippen molar-refractivity contribution in [1.29, 1.82) is 0 Å². The van der Waals surface area contributed by atoms with Gasteiger partial charge in [0.05, 0.1) is 27.3 Å². The second kappa shape index (κ2) is 8.91. The first-order chi connectivity index (χ1) is 15.8. The summed E-state index contributed by atoms with van der Waals surface area (Å²) in [4.78, 5) is 41.5. The first-order valence-electron chi connectivity index (χ1n) is 10.0. The monoisotopic (exact) mass is 467 g/mol. The minimum Gasteiger partial charge on any atom is -0.463 e.